The zero-order valence-electron chi connectivity index (χ0n) is 18.6. The van der Waals surface area contributed by atoms with Gasteiger partial charge in [0.1, 0.15) is 17.0 Å². The summed E-state index contributed by atoms with van der Waals surface area (Å²) in [6, 6.07) is 18.9. The zero-order chi connectivity index (χ0) is 23.9. The fraction of sp³-hybridized carbons (Fsp3) is 0.167. The summed E-state index contributed by atoms with van der Waals surface area (Å²) in [4.78, 5) is 26.5. The largest absolute Gasteiger partial charge is 0.497 e. The molecule has 0 bridgehead atoms. The Labute approximate surface area is 204 Å². The number of nitrogens with one attached hydrogen (secondary N) is 1. The van der Waals surface area contributed by atoms with E-state index in [9.17, 15) is 9.59 Å². The lowest BCUT2D eigenvalue weighted by molar-refractivity contribution is -0.113. The summed E-state index contributed by atoms with van der Waals surface area (Å²) in [6.07, 6.45) is 1.58. The minimum absolute atomic E-state index is 0.0848. The van der Waals surface area contributed by atoms with Gasteiger partial charge >= 0.3 is 5.97 Å². The van der Waals surface area contributed by atoms with Crippen LogP contribution in [-0.2, 0) is 9.53 Å². The van der Waals surface area contributed by atoms with Gasteiger partial charge in [0.15, 0.2) is 5.16 Å². The highest BCUT2D eigenvalue weighted by atomic mass is 32.2. The minimum atomic E-state index is -0.463. The van der Waals surface area contributed by atoms with Crippen LogP contribution in [0.4, 0.5) is 5.69 Å². The van der Waals surface area contributed by atoms with E-state index < -0.39 is 5.97 Å². The molecule has 0 unspecified atom stereocenters. The first-order valence-electron chi connectivity index (χ1n) is 10.4. The van der Waals surface area contributed by atoms with Crippen molar-refractivity contribution < 1.29 is 19.1 Å². The van der Waals surface area contributed by atoms with Crippen LogP contribution < -0.4 is 10.1 Å². The number of thioether (sulfide) groups is 1. The first-order chi connectivity index (χ1) is 16.6. The van der Waals surface area contributed by atoms with Crippen molar-refractivity contribution in [2.75, 3.05) is 24.8 Å². The van der Waals surface area contributed by atoms with E-state index in [4.69, 9.17) is 9.47 Å². The number of nitrogens with zero attached hydrogens (tertiary/aromatic N) is 3. The van der Waals surface area contributed by atoms with Crippen LogP contribution in [0.25, 0.3) is 16.1 Å². The first-order valence-corrected chi connectivity index (χ1v) is 12.2. The second-order valence-corrected chi connectivity index (χ2v) is 8.96. The Morgan fingerprint density at radius 2 is 1.94 bits per heavy atom. The Bertz CT molecular complexity index is 1290. The van der Waals surface area contributed by atoms with Crippen LogP contribution in [0, 0.1) is 0 Å². The monoisotopic (exact) mass is 494 g/mol. The lowest BCUT2D eigenvalue weighted by Gasteiger charge is -2.08. The number of hydrogen-bond acceptors (Lipinski definition) is 8. The predicted octanol–water partition coefficient (Wildman–Crippen LogP) is 4.91. The lowest BCUT2D eigenvalue weighted by atomic mass is 10.2. The minimum Gasteiger partial charge on any atom is -0.497 e. The van der Waals surface area contributed by atoms with Gasteiger partial charge in [-0.3, -0.25) is 9.36 Å². The van der Waals surface area contributed by atoms with E-state index in [0.29, 0.717) is 21.5 Å². The third kappa shape index (κ3) is 5.46. The maximum atomic E-state index is 12.8. The van der Waals surface area contributed by atoms with Gasteiger partial charge in [0.25, 0.3) is 0 Å². The van der Waals surface area contributed by atoms with E-state index >= 15 is 0 Å². The second-order valence-electron chi connectivity index (χ2n) is 6.96. The molecule has 0 aliphatic carbocycles. The summed E-state index contributed by atoms with van der Waals surface area (Å²) < 4.78 is 12.2. The van der Waals surface area contributed by atoms with Gasteiger partial charge in [-0.1, -0.05) is 48.2 Å². The number of carbonyl (C=O) groups is 2. The standard InChI is InChI=1S/C24H22N4O4S2/c1-3-32-23(30)22-19(13-20(34-22)16-8-5-4-6-9-16)26-21(29)14-33-24-27-25-15-28(24)17-10-7-11-18(12-17)31-2/h4-13,15H,3,14H2,1-2H3,(H,26,29). The average molecular weight is 495 g/mol. The number of methoxy groups -OCH3 is 1. The molecular formula is C24H22N4O4S2. The number of thiophene rings is 1. The number of hydrogen-bond donors (Lipinski definition) is 1. The fourth-order valence-corrected chi connectivity index (χ4v) is 4.90. The molecular weight excluding hydrogens is 472 g/mol. The van der Waals surface area contributed by atoms with Crippen LogP contribution in [-0.4, -0.2) is 46.1 Å². The smallest absolute Gasteiger partial charge is 0.350 e. The van der Waals surface area contributed by atoms with Crippen LogP contribution in [0.3, 0.4) is 0 Å². The average Bonchev–Trinajstić information content (AvgIpc) is 3.51. The predicted molar refractivity (Wildman–Crippen MR) is 133 cm³/mol. The Morgan fingerprint density at radius 3 is 2.71 bits per heavy atom. The van der Waals surface area contributed by atoms with Crippen LogP contribution in [0.5, 0.6) is 5.75 Å². The Morgan fingerprint density at radius 1 is 1.12 bits per heavy atom. The van der Waals surface area contributed by atoms with Crippen LogP contribution >= 0.6 is 23.1 Å². The zero-order valence-corrected chi connectivity index (χ0v) is 20.2. The van der Waals surface area contributed by atoms with Gasteiger partial charge in [0, 0.05) is 10.9 Å². The van der Waals surface area contributed by atoms with Crippen molar-refractivity contribution in [3.8, 4) is 21.9 Å². The number of aromatic nitrogens is 3. The second kappa shape index (κ2) is 11.0. The summed E-state index contributed by atoms with van der Waals surface area (Å²) >= 11 is 2.53. The molecule has 8 nitrogen and oxygen atoms in total. The highest BCUT2D eigenvalue weighted by Gasteiger charge is 2.20. The van der Waals surface area contributed by atoms with E-state index in [1.165, 1.54) is 23.1 Å². The van der Waals surface area contributed by atoms with Gasteiger partial charge in [0.05, 0.1) is 30.8 Å². The van der Waals surface area contributed by atoms with Gasteiger partial charge in [-0.25, -0.2) is 4.79 Å². The molecule has 0 fully saturated rings. The Hall–Kier alpha value is -3.63. The lowest BCUT2D eigenvalue weighted by Crippen LogP contribution is -2.16. The normalized spacial score (nSPS) is 10.6. The van der Waals surface area contributed by atoms with Crippen molar-refractivity contribution in [2.45, 2.75) is 12.1 Å². The van der Waals surface area contributed by atoms with Gasteiger partial charge < -0.3 is 14.8 Å². The molecule has 0 aliphatic heterocycles. The van der Waals surface area contributed by atoms with Crippen molar-refractivity contribution in [1.29, 1.82) is 0 Å². The quantitative estimate of drug-likeness (QED) is 0.261. The van der Waals surface area contributed by atoms with Gasteiger partial charge in [-0.05, 0) is 30.7 Å². The maximum absolute atomic E-state index is 12.8. The van der Waals surface area contributed by atoms with Gasteiger partial charge in [-0.15, -0.1) is 21.5 Å². The van der Waals surface area contributed by atoms with Gasteiger partial charge in [0.2, 0.25) is 5.91 Å². The van der Waals surface area contributed by atoms with Crippen molar-refractivity contribution in [2.24, 2.45) is 0 Å². The fourth-order valence-electron chi connectivity index (χ4n) is 3.15. The van der Waals surface area contributed by atoms with Crippen LogP contribution in [0.2, 0.25) is 0 Å². The molecule has 2 aromatic carbocycles. The molecule has 2 heterocycles. The van der Waals surface area contributed by atoms with Crippen LogP contribution in [0.1, 0.15) is 16.6 Å². The molecule has 0 spiro atoms. The molecule has 0 aliphatic rings. The van der Waals surface area contributed by atoms with Crippen molar-refractivity contribution in [1.82, 2.24) is 14.8 Å². The van der Waals surface area contributed by atoms with E-state index in [-0.39, 0.29) is 18.3 Å². The molecule has 4 aromatic rings. The molecule has 0 saturated carbocycles. The van der Waals surface area contributed by atoms with Crippen molar-refractivity contribution in [3.63, 3.8) is 0 Å². The molecule has 0 atom stereocenters. The van der Waals surface area contributed by atoms with E-state index in [0.717, 1.165) is 16.1 Å². The Balaban J connectivity index is 1.49. The number of esters is 1. The molecule has 0 saturated heterocycles. The number of rotatable bonds is 9. The van der Waals surface area contributed by atoms with E-state index in [1.54, 1.807) is 31.0 Å². The molecule has 4 rings (SSSR count). The summed E-state index contributed by atoms with van der Waals surface area (Å²) in [6.45, 7) is 2.00. The third-order valence-electron chi connectivity index (χ3n) is 4.71. The molecule has 0 radical (unpaired) electrons. The maximum Gasteiger partial charge on any atom is 0.350 e. The number of amides is 1. The highest BCUT2D eigenvalue weighted by Crippen LogP contribution is 2.35. The van der Waals surface area contributed by atoms with Crippen molar-refractivity contribution >= 4 is 40.7 Å². The van der Waals surface area contributed by atoms with Crippen LogP contribution in [0.15, 0.2) is 72.1 Å². The van der Waals surface area contributed by atoms with E-state index in [2.05, 4.69) is 15.5 Å². The summed E-state index contributed by atoms with van der Waals surface area (Å²) in [5.41, 5.74) is 2.21. The third-order valence-corrected chi connectivity index (χ3v) is 6.81. The number of benzene rings is 2. The summed E-state index contributed by atoms with van der Waals surface area (Å²) in [7, 11) is 1.60. The summed E-state index contributed by atoms with van der Waals surface area (Å²) in [5.74, 6) is 0.0585. The first kappa shape index (κ1) is 23.5. The molecule has 34 heavy (non-hydrogen) atoms. The highest BCUT2D eigenvalue weighted by molar-refractivity contribution is 7.99. The van der Waals surface area contributed by atoms with E-state index in [1.807, 2.05) is 54.6 Å². The number of ether oxygens (including phenoxy) is 2. The van der Waals surface area contributed by atoms with Crippen molar-refractivity contribution in [3.05, 3.63) is 71.9 Å². The number of carbonyl (C=O) groups excluding carboxylic acids is 2. The summed E-state index contributed by atoms with van der Waals surface area (Å²) in [5, 5.41) is 11.5. The SMILES string of the molecule is CCOC(=O)c1sc(-c2ccccc2)cc1NC(=O)CSc1nncn1-c1cccc(OC)c1. The van der Waals surface area contributed by atoms with Gasteiger partial charge in [-0.2, -0.15) is 0 Å². The molecule has 2 aromatic heterocycles. The number of anilines is 1. The molecule has 174 valence electrons. The molecule has 10 heteroatoms. The molecule has 1 amide bonds. The topological polar surface area (TPSA) is 95.3 Å². The molecule has 1 N–H and O–H groups in total. The Kier molecular flexibility index (Phi) is 7.61.